The third kappa shape index (κ3) is 3.16. The first-order chi connectivity index (χ1) is 11.3. The number of aromatic nitrogens is 2. The van der Waals surface area contributed by atoms with Crippen molar-refractivity contribution in [1.82, 2.24) is 10.2 Å². The third-order valence-electron chi connectivity index (χ3n) is 5.19. The van der Waals surface area contributed by atoms with Gasteiger partial charge in [-0.05, 0) is 55.1 Å². The Kier molecular flexibility index (Phi) is 3.90. The normalized spacial score (nSPS) is 21.5. The fourth-order valence-corrected chi connectivity index (χ4v) is 3.80. The van der Waals surface area contributed by atoms with Gasteiger partial charge in [0.2, 0.25) is 0 Å². The highest BCUT2D eigenvalue weighted by molar-refractivity contribution is 5.73. The highest BCUT2D eigenvalue weighted by Gasteiger charge is 2.43. The summed E-state index contributed by atoms with van der Waals surface area (Å²) >= 11 is 0. The van der Waals surface area contributed by atoms with Crippen molar-refractivity contribution < 1.29 is 9.53 Å². The lowest BCUT2D eigenvalue weighted by molar-refractivity contribution is -0.153. The standard InChI is InChI=1S/C19H22N2O2/c22-19(23-12-13-4-2-1-3-5-13)18(14-6-7-14)15-8-9-17-16(10-15)11-20-21-17/h1-5,11,14-15,18H,6-10,12H2,(H,20,21). The summed E-state index contributed by atoms with van der Waals surface area (Å²) in [4.78, 5) is 12.7. The van der Waals surface area contributed by atoms with Gasteiger partial charge in [-0.3, -0.25) is 9.89 Å². The van der Waals surface area contributed by atoms with Crippen molar-refractivity contribution in [2.24, 2.45) is 17.8 Å². The van der Waals surface area contributed by atoms with Crippen LogP contribution in [0.25, 0.3) is 0 Å². The number of aryl methyl sites for hydroxylation is 1. The number of H-pyrrole nitrogens is 1. The molecule has 2 unspecified atom stereocenters. The summed E-state index contributed by atoms with van der Waals surface area (Å²) in [6, 6.07) is 9.92. The number of hydrogen-bond donors (Lipinski definition) is 1. The van der Waals surface area contributed by atoms with Crippen LogP contribution in [-0.4, -0.2) is 16.2 Å². The van der Waals surface area contributed by atoms with E-state index < -0.39 is 0 Å². The molecule has 4 rings (SSSR count). The van der Waals surface area contributed by atoms with Crippen LogP contribution in [0, 0.1) is 17.8 Å². The molecule has 1 fully saturated rings. The van der Waals surface area contributed by atoms with Gasteiger partial charge in [0.1, 0.15) is 6.61 Å². The third-order valence-corrected chi connectivity index (χ3v) is 5.19. The van der Waals surface area contributed by atoms with Gasteiger partial charge in [0.15, 0.2) is 0 Å². The number of benzene rings is 1. The summed E-state index contributed by atoms with van der Waals surface area (Å²) in [5, 5.41) is 7.21. The first-order valence-electron chi connectivity index (χ1n) is 8.53. The minimum atomic E-state index is -0.00621. The summed E-state index contributed by atoms with van der Waals surface area (Å²) in [6.45, 7) is 0.382. The van der Waals surface area contributed by atoms with E-state index in [0.29, 0.717) is 18.4 Å². The summed E-state index contributed by atoms with van der Waals surface area (Å²) in [6.07, 6.45) is 7.25. The van der Waals surface area contributed by atoms with Gasteiger partial charge in [-0.1, -0.05) is 30.3 Å². The average molecular weight is 310 g/mol. The number of aromatic amines is 1. The first kappa shape index (κ1) is 14.5. The Labute approximate surface area is 136 Å². The molecular weight excluding hydrogens is 288 g/mol. The van der Waals surface area contributed by atoms with Crippen LogP contribution in [0.3, 0.4) is 0 Å². The van der Waals surface area contributed by atoms with E-state index in [-0.39, 0.29) is 11.9 Å². The Bertz CT molecular complexity index is 676. The predicted molar refractivity (Wildman–Crippen MR) is 86.6 cm³/mol. The van der Waals surface area contributed by atoms with Crippen LogP contribution < -0.4 is 0 Å². The molecule has 4 heteroatoms. The molecule has 0 amide bonds. The van der Waals surface area contributed by atoms with E-state index in [1.54, 1.807) is 0 Å². The van der Waals surface area contributed by atoms with Crippen LogP contribution in [0.15, 0.2) is 36.5 Å². The smallest absolute Gasteiger partial charge is 0.309 e. The minimum Gasteiger partial charge on any atom is -0.461 e. The van der Waals surface area contributed by atoms with E-state index in [4.69, 9.17) is 4.74 Å². The molecule has 1 heterocycles. The molecule has 120 valence electrons. The maximum Gasteiger partial charge on any atom is 0.309 e. The molecule has 2 aliphatic rings. The van der Waals surface area contributed by atoms with E-state index in [9.17, 15) is 4.79 Å². The summed E-state index contributed by atoms with van der Waals surface area (Å²) in [5.74, 6) is 0.975. The Balaban J connectivity index is 1.43. The van der Waals surface area contributed by atoms with Crippen molar-refractivity contribution in [2.45, 2.75) is 38.7 Å². The van der Waals surface area contributed by atoms with Crippen molar-refractivity contribution in [3.8, 4) is 0 Å². The van der Waals surface area contributed by atoms with Crippen LogP contribution in [0.5, 0.6) is 0 Å². The number of ether oxygens (including phenoxy) is 1. The number of carbonyl (C=O) groups is 1. The highest BCUT2D eigenvalue weighted by Crippen LogP contribution is 2.44. The number of rotatable bonds is 5. The van der Waals surface area contributed by atoms with Gasteiger partial charge in [-0.2, -0.15) is 5.10 Å². The van der Waals surface area contributed by atoms with Crippen LogP contribution >= 0.6 is 0 Å². The quantitative estimate of drug-likeness (QED) is 0.862. The van der Waals surface area contributed by atoms with Crippen LogP contribution in [0.2, 0.25) is 0 Å². The second-order valence-corrected chi connectivity index (χ2v) is 6.83. The number of nitrogens with zero attached hydrogens (tertiary/aromatic N) is 1. The maximum absolute atomic E-state index is 12.7. The number of hydrogen-bond acceptors (Lipinski definition) is 3. The van der Waals surface area contributed by atoms with Gasteiger partial charge >= 0.3 is 5.97 Å². The fraction of sp³-hybridized carbons (Fsp3) is 0.474. The summed E-state index contributed by atoms with van der Waals surface area (Å²) in [5.41, 5.74) is 3.58. The lowest BCUT2D eigenvalue weighted by Crippen LogP contribution is -2.31. The molecule has 0 radical (unpaired) electrons. The van der Waals surface area contributed by atoms with E-state index >= 15 is 0 Å². The predicted octanol–water partition coefficient (Wildman–Crippen LogP) is 3.28. The Morgan fingerprint density at radius 3 is 2.83 bits per heavy atom. The Morgan fingerprint density at radius 2 is 2.04 bits per heavy atom. The molecule has 2 aromatic rings. The second-order valence-electron chi connectivity index (χ2n) is 6.83. The molecule has 0 saturated heterocycles. The van der Waals surface area contributed by atoms with Crippen molar-refractivity contribution in [1.29, 1.82) is 0 Å². The topological polar surface area (TPSA) is 55.0 Å². The molecule has 1 saturated carbocycles. The van der Waals surface area contributed by atoms with Crippen LogP contribution in [-0.2, 0) is 29.0 Å². The van der Waals surface area contributed by atoms with Crippen molar-refractivity contribution in [3.63, 3.8) is 0 Å². The number of carbonyl (C=O) groups excluding carboxylic acids is 1. The van der Waals surface area contributed by atoms with Gasteiger partial charge in [-0.15, -0.1) is 0 Å². The van der Waals surface area contributed by atoms with Gasteiger partial charge in [0.05, 0.1) is 12.1 Å². The van der Waals surface area contributed by atoms with E-state index in [1.165, 1.54) is 24.1 Å². The zero-order valence-electron chi connectivity index (χ0n) is 13.2. The molecule has 0 bridgehead atoms. The second kappa shape index (κ2) is 6.19. The van der Waals surface area contributed by atoms with Crippen LogP contribution in [0.4, 0.5) is 0 Å². The molecule has 0 spiro atoms. The Hall–Kier alpha value is -2.10. The molecule has 0 aliphatic heterocycles. The Morgan fingerprint density at radius 1 is 1.22 bits per heavy atom. The number of fused-ring (bicyclic) bond motifs is 1. The minimum absolute atomic E-state index is 0.00621. The molecule has 1 aromatic carbocycles. The molecule has 2 atom stereocenters. The van der Waals surface area contributed by atoms with Gasteiger partial charge in [0, 0.05) is 5.69 Å². The maximum atomic E-state index is 12.7. The van der Waals surface area contributed by atoms with E-state index in [1.807, 2.05) is 36.5 Å². The highest BCUT2D eigenvalue weighted by atomic mass is 16.5. The molecule has 23 heavy (non-hydrogen) atoms. The SMILES string of the molecule is O=C(OCc1ccccc1)C(C1CC1)C1CCc2[nH]ncc2C1. The van der Waals surface area contributed by atoms with Crippen molar-refractivity contribution in [2.75, 3.05) is 0 Å². The first-order valence-corrected chi connectivity index (χ1v) is 8.53. The van der Waals surface area contributed by atoms with Gasteiger partial charge in [0.25, 0.3) is 0 Å². The van der Waals surface area contributed by atoms with Gasteiger partial charge < -0.3 is 4.74 Å². The van der Waals surface area contributed by atoms with Crippen molar-refractivity contribution >= 4 is 5.97 Å². The fourth-order valence-electron chi connectivity index (χ4n) is 3.80. The lowest BCUT2D eigenvalue weighted by Gasteiger charge is -2.28. The molecule has 2 aliphatic carbocycles. The summed E-state index contributed by atoms with van der Waals surface area (Å²) < 4.78 is 5.65. The molecule has 4 nitrogen and oxygen atoms in total. The van der Waals surface area contributed by atoms with Crippen LogP contribution in [0.1, 0.15) is 36.1 Å². The number of nitrogens with one attached hydrogen (secondary N) is 1. The molecular formula is C19H22N2O2. The molecule has 1 N–H and O–H groups in total. The summed E-state index contributed by atoms with van der Waals surface area (Å²) in [7, 11) is 0. The van der Waals surface area contributed by atoms with E-state index in [2.05, 4.69) is 10.2 Å². The van der Waals surface area contributed by atoms with Crippen molar-refractivity contribution in [3.05, 3.63) is 53.3 Å². The largest absolute Gasteiger partial charge is 0.461 e. The average Bonchev–Trinajstić information content (AvgIpc) is 3.30. The molecule has 1 aromatic heterocycles. The van der Waals surface area contributed by atoms with Gasteiger partial charge in [-0.25, -0.2) is 0 Å². The number of esters is 1. The lowest BCUT2D eigenvalue weighted by atomic mass is 9.77. The zero-order valence-corrected chi connectivity index (χ0v) is 13.2. The monoisotopic (exact) mass is 310 g/mol. The van der Waals surface area contributed by atoms with E-state index in [0.717, 1.165) is 24.8 Å². The zero-order chi connectivity index (χ0) is 15.6.